The highest BCUT2D eigenvalue weighted by atomic mass is 16.4. The van der Waals surface area contributed by atoms with Crippen LogP contribution in [0.1, 0.15) is 47.5 Å². The van der Waals surface area contributed by atoms with Crippen molar-refractivity contribution in [3.05, 3.63) is 58.7 Å². The molecule has 0 amide bonds. The van der Waals surface area contributed by atoms with Gasteiger partial charge in [-0.1, -0.05) is 55.4 Å². The first-order valence-electron chi connectivity index (χ1n) is 7.97. The van der Waals surface area contributed by atoms with Gasteiger partial charge in [-0.2, -0.15) is 0 Å². The number of hydrogen-bond acceptors (Lipinski definition) is 2. The molecule has 2 N–H and O–H groups in total. The van der Waals surface area contributed by atoms with Crippen LogP contribution in [0.25, 0.3) is 0 Å². The Hall–Kier alpha value is -1.87. The van der Waals surface area contributed by atoms with Crippen LogP contribution in [0, 0.1) is 5.41 Å². The minimum absolute atomic E-state index is 0.226. The Bertz CT molecular complexity index is 598. The predicted molar refractivity (Wildman–Crippen MR) is 95.2 cm³/mol. The number of carboxylic acid groups (broad SMARTS) is 1. The SMILES string of the molecule is CC1=C(/C=C/C(C)=C\C=C\C(C)=C\C(=O)O)C(C)(C)C(O)CC1. The smallest absolute Gasteiger partial charge is 0.328 e. The van der Waals surface area contributed by atoms with Gasteiger partial charge in [-0.05, 0) is 44.8 Å². The summed E-state index contributed by atoms with van der Waals surface area (Å²) in [4.78, 5) is 10.5. The van der Waals surface area contributed by atoms with Gasteiger partial charge >= 0.3 is 5.97 Å². The van der Waals surface area contributed by atoms with Gasteiger partial charge in [-0.15, -0.1) is 0 Å². The summed E-state index contributed by atoms with van der Waals surface area (Å²) in [7, 11) is 0. The summed E-state index contributed by atoms with van der Waals surface area (Å²) in [5.74, 6) is -0.937. The van der Waals surface area contributed by atoms with Crippen molar-refractivity contribution in [2.24, 2.45) is 5.41 Å². The normalized spacial score (nSPS) is 23.1. The van der Waals surface area contributed by atoms with E-state index < -0.39 is 5.97 Å². The molecule has 0 aliphatic heterocycles. The topological polar surface area (TPSA) is 57.5 Å². The molecule has 0 saturated carbocycles. The summed E-state index contributed by atoms with van der Waals surface area (Å²) in [6, 6.07) is 0. The van der Waals surface area contributed by atoms with Crippen LogP contribution < -0.4 is 0 Å². The van der Waals surface area contributed by atoms with Gasteiger partial charge in [0.1, 0.15) is 0 Å². The molecule has 0 aromatic heterocycles. The number of carboxylic acids is 1. The van der Waals surface area contributed by atoms with Gasteiger partial charge in [0.25, 0.3) is 0 Å². The largest absolute Gasteiger partial charge is 0.478 e. The zero-order valence-electron chi connectivity index (χ0n) is 14.8. The lowest BCUT2D eigenvalue weighted by Crippen LogP contribution is -2.34. The monoisotopic (exact) mass is 316 g/mol. The zero-order chi connectivity index (χ0) is 17.6. The molecule has 0 aromatic rings. The first kappa shape index (κ1) is 19.2. The van der Waals surface area contributed by atoms with Crippen molar-refractivity contribution in [2.45, 2.75) is 53.6 Å². The summed E-state index contributed by atoms with van der Waals surface area (Å²) >= 11 is 0. The number of carbonyl (C=O) groups is 1. The highest BCUT2D eigenvalue weighted by Gasteiger charge is 2.34. The molecule has 0 heterocycles. The summed E-state index contributed by atoms with van der Waals surface area (Å²) in [6.07, 6.45) is 12.3. The van der Waals surface area contributed by atoms with Crippen LogP contribution in [0.15, 0.2) is 58.7 Å². The lowest BCUT2D eigenvalue weighted by atomic mass is 9.70. The molecule has 1 aliphatic carbocycles. The van der Waals surface area contributed by atoms with E-state index in [0.29, 0.717) is 5.57 Å². The van der Waals surface area contributed by atoms with Crippen LogP contribution in [0.4, 0.5) is 0 Å². The molecule has 0 bridgehead atoms. The third-order valence-electron chi connectivity index (χ3n) is 4.36. The molecule has 126 valence electrons. The summed E-state index contributed by atoms with van der Waals surface area (Å²) in [5, 5.41) is 18.9. The number of aliphatic hydroxyl groups excluding tert-OH is 1. The summed E-state index contributed by atoms with van der Waals surface area (Å²) in [5.41, 5.74) is 4.08. The van der Waals surface area contributed by atoms with Gasteiger partial charge < -0.3 is 10.2 Å². The maximum absolute atomic E-state index is 10.5. The van der Waals surface area contributed by atoms with Crippen molar-refractivity contribution >= 4 is 5.97 Å². The molecule has 0 spiro atoms. The predicted octanol–water partition coefficient (Wildman–Crippen LogP) is 4.57. The Morgan fingerprint density at radius 2 is 1.87 bits per heavy atom. The second kappa shape index (κ2) is 8.11. The van der Waals surface area contributed by atoms with Gasteiger partial charge in [-0.3, -0.25) is 0 Å². The highest BCUT2D eigenvalue weighted by molar-refractivity contribution is 5.81. The van der Waals surface area contributed by atoms with Crippen LogP contribution in [0.2, 0.25) is 0 Å². The Labute approximate surface area is 139 Å². The minimum Gasteiger partial charge on any atom is -0.478 e. The second-order valence-electron chi connectivity index (χ2n) is 6.80. The van der Waals surface area contributed by atoms with Crippen molar-refractivity contribution in [1.82, 2.24) is 0 Å². The minimum atomic E-state index is -0.937. The molecule has 0 saturated heterocycles. The molecule has 0 radical (unpaired) electrons. The fourth-order valence-corrected chi connectivity index (χ4v) is 2.80. The van der Waals surface area contributed by atoms with Gasteiger partial charge in [0.05, 0.1) is 6.10 Å². The van der Waals surface area contributed by atoms with Gasteiger partial charge in [0, 0.05) is 11.5 Å². The average Bonchev–Trinajstić information content (AvgIpc) is 2.42. The average molecular weight is 316 g/mol. The first-order valence-corrected chi connectivity index (χ1v) is 7.97. The van der Waals surface area contributed by atoms with E-state index in [9.17, 15) is 9.90 Å². The lowest BCUT2D eigenvalue weighted by Gasteiger charge is -2.37. The fraction of sp³-hybridized carbons (Fsp3) is 0.450. The lowest BCUT2D eigenvalue weighted by molar-refractivity contribution is -0.131. The standard InChI is InChI=1S/C20H28O3/c1-14(7-6-8-15(2)13-19(22)23)9-11-17-16(3)10-12-18(21)20(17,4)5/h6-9,11,13,18,21H,10,12H2,1-5H3,(H,22,23)/b8-6+,11-9+,14-7-,15-13+. The number of hydrogen-bond donors (Lipinski definition) is 2. The van der Waals surface area contributed by atoms with E-state index in [0.717, 1.165) is 18.4 Å². The Morgan fingerprint density at radius 3 is 2.48 bits per heavy atom. The molecule has 3 nitrogen and oxygen atoms in total. The van der Waals surface area contributed by atoms with E-state index in [1.807, 2.05) is 25.2 Å². The van der Waals surface area contributed by atoms with E-state index in [-0.39, 0.29) is 11.5 Å². The zero-order valence-corrected chi connectivity index (χ0v) is 14.8. The molecule has 1 rings (SSSR count). The molecule has 1 unspecified atom stereocenters. The third-order valence-corrected chi connectivity index (χ3v) is 4.36. The maximum atomic E-state index is 10.5. The van der Waals surface area contributed by atoms with Gasteiger partial charge in [0.15, 0.2) is 0 Å². The van der Waals surface area contributed by atoms with E-state index in [2.05, 4.69) is 26.8 Å². The second-order valence-corrected chi connectivity index (χ2v) is 6.80. The van der Waals surface area contributed by atoms with Gasteiger partial charge in [-0.25, -0.2) is 4.79 Å². The quantitative estimate of drug-likeness (QED) is 0.577. The molecule has 3 heteroatoms. The Kier molecular flexibility index (Phi) is 6.77. The van der Waals surface area contributed by atoms with E-state index in [4.69, 9.17) is 5.11 Å². The van der Waals surface area contributed by atoms with Crippen LogP contribution in [-0.4, -0.2) is 22.3 Å². The first-order chi connectivity index (χ1) is 10.6. The third kappa shape index (κ3) is 5.68. The Morgan fingerprint density at radius 1 is 1.22 bits per heavy atom. The number of aliphatic hydroxyl groups is 1. The van der Waals surface area contributed by atoms with Crippen LogP contribution >= 0.6 is 0 Å². The molecule has 1 atom stereocenters. The fourth-order valence-electron chi connectivity index (χ4n) is 2.80. The van der Waals surface area contributed by atoms with Crippen molar-refractivity contribution < 1.29 is 15.0 Å². The highest BCUT2D eigenvalue weighted by Crippen LogP contribution is 2.41. The van der Waals surface area contributed by atoms with E-state index in [1.165, 1.54) is 17.2 Å². The van der Waals surface area contributed by atoms with Crippen LogP contribution in [-0.2, 0) is 4.79 Å². The van der Waals surface area contributed by atoms with Crippen LogP contribution in [0.5, 0.6) is 0 Å². The Balaban J connectivity index is 2.85. The van der Waals surface area contributed by atoms with Crippen molar-refractivity contribution in [2.75, 3.05) is 0 Å². The van der Waals surface area contributed by atoms with E-state index in [1.54, 1.807) is 13.0 Å². The number of rotatable bonds is 5. The number of aliphatic carboxylic acids is 1. The van der Waals surface area contributed by atoms with E-state index >= 15 is 0 Å². The molecular weight excluding hydrogens is 288 g/mol. The summed E-state index contributed by atoms with van der Waals surface area (Å²) < 4.78 is 0. The van der Waals surface area contributed by atoms with Crippen LogP contribution in [0.3, 0.4) is 0 Å². The van der Waals surface area contributed by atoms with Crippen molar-refractivity contribution in [1.29, 1.82) is 0 Å². The maximum Gasteiger partial charge on any atom is 0.328 e. The molecular formula is C20H28O3. The van der Waals surface area contributed by atoms with Crippen molar-refractivity contribution in [3.63, 3.8) is 0 Å². The van der Waals surface area contributed by atoms with Crippen molar-refractivity contribution in [3.8, 4) is 0 Å². The molecule has 23 heavy (non-hydrogen) atoms. The number of allylic oxidation sites excluding steroid dienone is 8. The van der Waals surface area contributed by atoms with Gasteiger partial charge in [0.2, 0.25) is 0 Å². The molecule has 0 aromatic carbocycles. The molecule has 0 fully saturated rings. The summed E-state index contributed by atoms with van der Waals surface area (Å²) in [6.45, 7) is 10.0. The molecule has 1 aliphatic rings.